The van der Waals surface area contributed by atoms with Gasteiger partial charge in [-0.2, -0.15) is 0 Å². The molecule has 4 nitrogen and oxygen atoms in total. The molecule has 4 heteroatoms. The van der Waals surface area contributed by atoms with Crippen molar-refractivity contribution in [1.82, 2.24) is 4.98 Å². The molecule has 0 radical (unpaired) electrons. The largest absolute Gasteiger partial charge is 0.456 e. The summed E-state index contributed by atoms with van der Waals surface area (Å²) in [6, 6.07) is 63.6. The van der Waals surface area contributed by atoms with Crippen molar-refractivity contribution in [2.45, 2.75) is 0 Å². The molecule has 8 aromatic carbocycles. The van der Waals surface area contributed by atoms with Gasteiger partial charge in [-0.25, -0.2) is 4.98 Å². The van der Waals surface area contributed by atoms with Gasteiger partial charge in [-0.15, -0.1) is 0 Å². The standard InChI is InChI=1S/C47H30N2O2/c1-3-9-31(10-4-1)33-15-21-38(22-16-33)49(40-25-19-32-11-7-8-14-36(32)29-40)39-23-17-34(18-24-39)37-20-27-43-41(30-37)45-44(50-43)28-26-42-46(45)51-47(48-42)35-12-5-2-6-13-35/h1-30H. The van der Waals surface area contributed by atoms with E-state index in [1.165, 1.54) is 21.9 Å². The summed E-state index contributed by atoms with van der Waals surface area (Å²) in [7, 11) is 0. The molecule has 0 fully saturated rings. The third kappa shape index (κ3) is 5.13. The number of anilines is 3. The van der Waals surface area contributed by atoms with Crippen LogP contribution >= 0.6 is 0 Å². The monoisotopic (exact) mass is 654 g/mol. The van der Waals surface area contributed by atoms with Crippen LogP contribution in [0.5, 0.6) is 0 Å². The zero-order valence-electron chi connectivity index (χ0n) is 27.5. The van der Waals surface area contributed by atoms with Gasteiger partial charge >= 0.3 is 0 Å². The summed E-state index contributed by atoms with van der Waals surface area (Å²) in [5, 5.41) is 4.37. The van der Waals surface area contributed by atoms with Crippen LogP contribution in [0.4, 0.5) is 17.1 Å². The minimum atomic E-state index is 0.602. The van der Waals surface area contributed by atoms with E-state index in [0.717, 1.165) is 66.8 Å². The lowest BCUT2D eigenvalue weighted by atomic mass is 10.0. The second-order valence-electron chi connectivity index (χ2n) is 12.8. The molecule has 0 aliphatic heterocycles. The molecule has 240 valence electrons. The van der Waals surface area contributed by atoms with Gasteiger partial charge in [0.05, 0.1) is 5.39 Å². The highest BCUT2D eigenvalue weighted by Crippen LogP contribution is 2.40. The van der Waals surface area contributed by atoms with Crippen LogP contribution in [0.1, 0.15) is 0 Å². The Hall–Kier alpha value is -6.91. The third-order valence-corrected chi connectivity index (χ3v) is 9.69. The fourth-order valence-corrected chi connectivity index (χ4v) is 7.13. The number of benzene rings is 8. The van der Waals surface area contributed by atoms with Gasteiger partial charge in [-0.1, -0.05) is 109 Å². The first-order valence-corrected chi connectivity index (χ1v) is 17.1. The highest BCUT2D eigenvalue weighted by molar-refractivity contribution is 6.17. The molecule has 0 aliphatic rings. The van der Waals surface area contributed by atoms with E-state index >= 15 is 0 Å². The molecule has 0 atom stereocenters. The Morgan fingerprint density at radius 3 is 1.69 bits per heavy atom. The van der Waals surface area contributed by atoms with E-state index in [1.807, 2.05) is 42.5 Å². The number of fused-ring (bicyclic) bond motifs is 6. The Bertz CT molecular complexity index is 2840. The maximum Gasteiger partial charge on any atom is 0.227 e. The molecule has 0 N–H and O–H groups in total. The molecule has 0 amide bonds. The first-order valence-electron chi connectivity index (χ1n) is 17.1. The molecule has 10 aromatic rings. The molecule has 0 aliphatic carbocycles. The van der Waals surface area contributed by atoms with Gasteiger partial charge in [-0.3, -0.25) is 0 Å². The number of rotatable bonds is 6. The van der Waals surface area contributed by atoms with Gasteiger partial charge < -0.3 is 13.7 Å². The van der Waals surface area contributed by atoms with Crippen molar-refractivity contribution >= 4 is 60.9 Å². The van der Waals surface area contributed by atoms with Crippen molar-refractivity contribution < 1.29 is 8.83 Å². The summed E-state index contributed by atoms with van der Waals surface area (Å²) in [4.78, 5) is 7.12. The molecule has 10 rings (SSSR count). The van der Waals surface area contributed by atoms with E-state index in [2.05, 4.69) is 144 Å². The van der Waals surface area contributed by atoms with Crippen LogP contribution < -0.4 is 4.90 Å². The number of oxazole rings is 1. The van der Waals surface area contributed by atoms with E-state index in [-0.39, 0.29) is 0 Å². The van der Waals surface area contributed by atoms with E-state index in [9.17, 15) is 0 Å². The van der Waals surface area contributed by atoms with Crippen molar-refractivity contribution in [2.24, 2.45) is 0 Å². The molecule has 0 unspecified atom stereocenters. The summed E-state index contributed by atoms with van der Waals surface area (Å²) in [5.74, 6) is 0.602. The topological polar surface area (TPSA) is 42.4 Å². The zero-order chi connectivity index (χ0) is 33.7. The summed E-state index contributed by atoms with van der Waals surface area (Å²) in [5.41, 5.74) is 12.0. The summed E-state index contributed by atoms with van der Waals surface area (Å²) in [6.45, 7) is 0. The predicted molar refractivity (Wildman–Crippen MR) is 210 cm³/mol. The quantitative estimate of drug-likeness (QED) is 0.179. The van der Waals surface area contributed by atoms with Crippen molar-refractivity contribution in [3.05, 3.63) is 182 Å². The molecule has 0 saturated carbocycles. The van der Waals surface area contributed by atoms with E-state index < -0.39 is 0 Å². The number of hydrogen-bond donors (Lipinski definition) is 0. The molecule has 0 spiro atoms. The van der Waals surface area contributed by atoms with Crippen LogP contribution in [0.15, 0.2) is 191 Å². The third-order valence-electron chi connectivity index (χ3n) is 9.69. The highest BCUT2D eigenvalue weighted by atomic mass is 16.4. The van der Waals surface area contributed by atoms with Crippen LogP contribution in [0.2, 0.25) is 0 Å². The number of furan rings is 1. The maximum absolute atomic E-state index is 6.39. The fraction of sp³-hybridized carbons (Fsp3) is 0. The van der Waals surface area contributed by atoms with Crippen LogP contribution in [0.3, 0.4) is 0 Å². The van der Waals surface area contributed by atoms with Gasteiger partial charge in [0, 0.05) is 28.0 Å². The Morgan fingerprint density at radius 2 is 0.961 bits per heavy atom. The van der Waals surface area contributed by atoms with Crippen LogP contribution in [-0.2, 0) is 0 Å². The second kappa shape index (κ2) is 11.9. The molecule has 0 saturated heterocycles. The SMILES string of the molecule is c1ccc(-c2ccc(N(c3ccc(-c4ccc5oc6ccc7nc(-c8ccccc8)oc7c6c5c4)cc3)c3ccc4ccccc4c3)cc2)cc1. The lowest BCUT2D eigenvalue weighted by Crippen LogP contribution is -2.09. The Balaban J connectivity index is 1.05. The highest BCUT2D eigenvalue weighted by Gasteiger charge is 2.18. The average Bonchev–Trinajstić information content (AvgIpc) is 3.81. The van der Waals surface area contributed by atoms with Crippen molar-refractivity contribution in [2.75, 3.05) is 4.90 Å². The lowest BCUT2D eigenvalue weighted by molar-refractivity contribution is 0.622. The van der Waals surface area contributed by atoms with Gasteiger partial charge in [0.25, 0.3) is 0 Å². The molecule has 2 heterocycles. The minimum Gasteiger partial charge on any atom is -0.456 e. The molecular weight excluding hydrogens is 625 g/mol. The number of hydrogen-bond acceptors (Lipinski definition) is 4. The molecule has 2 aromatic heterocycles. The predicted octanol–water partition coefficient (Wildman–Crippen LogP) is 13.4. The molecule has 0 bridgehead atoms. The first-order chi connectivity index (χ1) is 25.2. The number of nitrogens with zero attached hydrogens (tertiary/aromatic N) is 2. The second-order valence-corrected chi connectivity index (χ2v) is 12.8. The van der Waals surface area contributed by atoms with Gasteiger partial charge in [0.1, 0.15) is 16.7 Å². The zero-order valence-corrected chi connectivity index (χ0v) is 27.5. The van der Waals surface area contributed by atoms with Crippen LogP contribution in [-0.4, -0.2) is 4.98 Å². The average molecular weight is 655 g/mol. The molecule has 51 heavy (non-hydrogen) atoms. The smallest absolute Gasteiger partial charge is 0.227 e. The van der Waals surface area contributed by atoms with Crippen LogP contribution in [0.25, 0.3) is 77.5 Å². The Morgan fingerprint density at radius 1 is 0.392 bits per heavy atom. The van der Waals surface area contributed by atoms with Crippen LogP contribution in [0, 0.1) is 0 Å². The van der Waals surface area contributed by atoms with E-state index in [4.69, 9.17) is 13.8 Å². The van der Waals surface area contributed by atoms with Gasteiger partial charge in [0.2, 0.25) is 5.89 Å². The van der Waals surface area contributed by atoms with Gasteiger partial charge in [0.15, 0.2) is 5.58 Å². The van der Waals surface area contributed by atoms with Gasteiger partial charge in [-0.05, 0) is 106 Å². The normalized spacial score (nSPS) is 11.5. The first kappa shape index (κ1) is 29.0. The van der Waals surface area contributed by atoms with Crippen molar-refractivity contribution in [1.29, 1.82) is 0 Å². The van der Waals surface area contributed by atoms with E-state index in [1.54, 1.807) is 0 Å². The number of aromatic nitrogens is 1. The van der Waals surface area contributed by atoms with Crippen molar-refractivity contribution in [3.63, 3.8) is 0 Å². The van der Waals surface area contributed by atoms with Crippen molar-refractivity contribution in [3.8, 4) is 33.7 Å². The summed E-state index contributed by atoms with van der Waals surface area (Å²) >= 11 is 0. The summed E-state index contributed by atoms with van der Waals surface area (Å²) < 4.78 is 12.7. The lowest BCUT2D eigenvalue weighted by Gasteiger charge is -2.26. The summed E-state index contributed by atoms with van der Waals surface area (Å²) in [6.07, 6.45) is 0. The Kier molecular flexibility index (Phi) is 6.78. The Labute approximate surface area is 294 Å². The molecular formula is C47H30N2O2. The van der Waals surface area contributed by atoms with E-state index in [0.29, 0.717) is 5.89 Å². The maximum atomic E-state index is 6.39. The minimum absolute atomic E-state index is 0.602. The fourth-order valence-electron chi connectivity index (χ4n) is 7.13.